The third kappa shape index (κ3) is 5.36. The van der Waals surface area contributed by atoms with E-state index in [9.17, 15) is 14.0 Å². The number of hydrogen-bond donors (Lipinski definition) is 1. The number of esters is 1. The van der Waals surface area contributed by atoms with Gasteiger partial charge in [0.2, 0.25) is 0 Å². The van der Waals surface area contributed by atoms with Crippen LogP contribution in [0, 0.1) is 5.82 Å². The topological polar surface area (TPSA) is 73.9 Å². The Morgan fingerprint density at radius 2 is 1.82 bits per heavy atom. The van der Waals surface area contributed by atoms with Crippen molar-refractivity contribution < 1.29 is 28.2 Å². The maximum Gasteiger partial charge on any atom is 0.339 e. The number of carbonyl (C=O) groups is 2. The standard InChI is InChI=1S/C20H21ClFNO5/c1-11(2)27-18-14(21)9-13(10-17(18)26-4)20(25)28-12(3)19(24)23-16-8-6-5-7-15(16)22/h5-12H,1-4H3,(H,23,24)/t12-/m1/s1. The Morgan fingerprint density at radius 1 is 1.14 bits per heavy atom. The van der Waals surface area contributed by atoms with Gasteiger partial charge in [0.15, 0.2) is 17.6 Å². The van der Waals surface area contributed by atoms with Gasteiger partial charge in [-0.2, -0.15) is 0 Å². The zero-order valence-electron chi connectivity index (χ0n) is 15.9. The van der Waals surface area contributed by atoms with Gasteiger partial charge in [-0.1, -0.05) is 23.7 Å². The van der Waals surface area contributed by atoms with Gasteiger partial charge in [-0.15, -0.1) is 0 Å². The number of rotatable bonds is 7. The van der Waals surface area contributed by atoms with E-state index in [1.807, 2.05) is 13.8 Å². The number of nitrogens with one attached hydrogen (secondary N) is 1. The lowest BCUT2D eigenvalue weighted by atomic mass is 10.2. The fourth-order valence-electron chi connectivity index (χ4n) is 2.27. The van der Waals surface area contributed by atoms with Crippen LogP contribution in [0.5, 0.6) is 11.5 Å². The van der Waals surface area contributed by atoms with Crippen molar-refractivity contribution in [3.05, 3.63) is 52.8 Å². The molecule has 2 rings (SSSR count). The number of hydrogen-bond acceptors (Lipinski definition) is 5. The minimum Gasteiger partial charge on any atom is -0.493 e. The van der Waals surface area contributed by atoms with Gasteiger partial charge in [-0.05, 0) is 45.0 Å². The monoisotopic (exact) mass is 409 g/mol. The molecule has 0 bridgehead atoms. The molecule has 0 unspecified atom stereocenters. The van der Waals surface area contributed by atoms with Gasteiger partial charge in [-0.3, -0.25) is 4.79 Å². The highest BCUT2D eigenvalue weighted by Crippen LogP contribution is 2.37. The maximum absolute atomic E-state index is 13.6. The van der Waals surface area contributed by atoms with Crippen LogP contribution < -0.4 is 14.8 Å². The summed E-state index contributed by atoms with van der Waals surface area (Å²) in [6, 6.07) is 8.46. The molecule has 150 valence electrons. The Labute approximate surface area is 167 Å². The second-order valence-corrected chi connectivity index (χ2v) is 6.58. The lowest BCUT2D eigenvalue weighted by Gasteiger charge is -2.17. The first-order chi connectivity index (χ1) is 13.2. The summed E-state index contributed by atoms with van der Waals surface area (Å²) in [4.78, 5) is 24.6. The van der Waals surface area contributed by atoms with Crippen molar-refractivity contribution in [1.29, 1.82) is 0 Å². The van der Waals surface area contributed by atoms with E-state index in [1.165, 1.54) is 44.4 Å². The van der Waals surface area contributed by atoms with E-state index < -0.39 is 23.8 Å². The van der Waals surface area contributed by atoms with Gasteiger partial charge in [0, 0.05) is 0 Å². The number of methoxy groups -OCH3 is 1. The number of carbonyl (C=O) groups excluding carboxylic acids is 2. The quantitative estimate of drug-likeness (QED) is 0.683. The molecule has 0 aliphatic heterocycles. The summed E-state index contributed by atoms with van der Waals surface area (Å²) in [6.45, 7) is 5.03. The van der Waals surface area contributed by atoms with Crippen molar-refractivity contribution in [2.45, 2.75) is 33.0 Å². The second-order valence-electron chi connectivity index (χ2n) is 6.17. The van der Waals surface area contributed by atoms with Gasteiger partial charge in [0.1, 0.15) is 5.82 Å². The number of para-hydroxylation sites is 1. The number of anilines is 1. The minimum atomic E-state index is -1.16. The predicted octanol–water partition coefficient (Wildman–Crippen LogP) is 4.46. The van der Waals surface area contributed by atoms with Gasteiger partial charge >= 0.3 is 5.97 Å². The molecule has 2 aromatic rings. The zero-order valence-corrected chi connectivity index (χ0v) is 16.7. The average Bonchev–Trinajstić information content (AvgIpc) is 2.64. The predicted molar refractivity (Wildman–Crippen MR) is 104 cm³/mol. The molecule has 1 amide bonds. The Balaban J connectivity index is 2.12. The Hall–Kier alpha value is -2.80. The molecule has 0 saturated carbocycles. The fraction of sp³-hybridized carbons (Fsp3) is 0.300. The normalized spacial score (nSPS) is 11.7. The van der Waals surface area contributed by atoms with E-state index in [-0.39, 0.29) is 28.1 Å². The van der Waals surface area contributed by atoms with Crippen LogP contribution in [0.15, 0.2) is 36.4 Å². The van der Waals surface area contributed by atoms with Crippen LogP contribution in [-0.4, -0.2) is 31.2 Å². The highest BCUT2D eigenvalue weighted by molar-refractivity contribution is 6.32. The fourth-order valence-corrected chi connectivity index (χ4v) is 2.52. The molecule has 8 heteroatoms. The highest BCUT2D eigenvalue weighted by atomic mass is 35.5. The number of ether oxygens (including phenoxy) is 3. The average molecular weight is 410 g/mol. The molecule has 28 heavy (non-hydrogen) atoms. The van der Waals surface area contributed by atoms with E-state index in [0.29, 0.717) is 5.75 Å². The van der Waals surface area contributed by atoms with Crippen LogP contribution in [0.3, 0.4) is 0 Å². The minimum absolute atomic E-state index is 0.00435. The maximum atomic E-state index is 13.6. The molecule has 1 N–H and O–H groups in total. The SMILES string of the molecule is COc1cc(C(=O)O[C@H](C)C(=O)Nc2ccccc2F)cc(Cl)c1OC(C)C. The van der Waals surface area contributed by atoms with Crippen molar-refractivity contribution in [3.8, 4) is 11.5 Å². The second kappa shape index (κ2) is 9.41. The number of halogens is 2. The van der Waals surface area contributed by atoms with Crippen molar-refractivity contribution in [2.75, 3.05) is 12.4 Å². The molecule has 0 aliphatic rings. The van der Waals surface area contributed by atoms with E-state index in [2.05, 4.69) is 5.32 Å². The molecule has 0 heterocycles. The molecule has 0 radical (unpaired) electrons. The first-order valence-corrected chi connectivity index (χ1v) is 8.91. The Morgan fingerprint density at radius 3 is 2.43 bits per heavy atom. The molecule has 0 spiro atoms. The van der Waals surface area contributed by atoms with Crippen LogP contribution in [0.4, 0.5) is 10.1 Å². The summed E-state index contributed by atoms with van der Waals surface area (Å²) < 4.78 is 29.6. The molecule has 0 fully saturated rings. The molecule has 2 aromatic carbocycles. The van der Waals surface area contributed by atoms with Crippen LogP contribution in [0.2, 0.25) is 5.02 Å². The first kappa shape index (κ1) is 21.5. The smallest absolute Gasteiger partial charge is 0.339 e. The summed E-state index contributed by atoms with van der Waals surface area (Å²) in [5.41, 5.74) is 0.0822. The van der Waals surface area contributed by atoms with Gasteiger partial charge < -0.3 is 19.5 Å². The van der Waals surface area contributed by atoms with Gasteiger partial charge in [0.05, 0.1) is 29.5 Å². The van der Waals surface area contributed by atoms with E-state index in [1.54, 1.807) is 6.07 Å². The summed E-state index contributed by atoms with van der Waals surface area (Å²) in [5, 5.41) is 2.54. The van der Waals surface area contributed by atoms with Gasteiger partial charge in [-0.25, -0.2) is 9.18 Å². The van der Waals surface area contributed by atoms with Gasteiger partial charge in [0.25, 0.3) is 5.91 Å². The molecule has 6 nitrogen and oxygen atoms in total. The number of benzene rings is 2. The largest absolute Gasteiger partial charge is 0.493 e. The van der Waals surface area contributed by atoms with Crippen molar-refractivity contribution in [1.82, 2.24) is 0 Å². The third-order valence-corrected chi connectivity index (χ3v) is 3.88. The molecule has 0 saturated heterocycles. The third-order valence-electron chi connectivity index (χ3n) is 3.60. The summed E-state index contributed by atoms with van der Waals surface area (Å²) >= 11 is 6.19. The lowest BCUT2D eigenvalue weighted by Crippen LogP contribution is -2.30. The molecular weight excluding hydrogens is 389 g/mol. The van der Waals surface area contributed by atoms with Crippen molar-refractivity contribution in [3.63, 3.8) is 0 Å². The summed E-state index contributed by atoms with van der Waals surface area (Å²) in [5.74, 6) is -1.48. The zero-order chi connectivity index (χ0) is 20.8. The Bertz CT molecular complexity index is 872. The Kier molecular flexibility index (Phi) is 7.23. The van der Waals surface area contributed by atoms with Crippen molar-refractivity contribution in [2.24, 2.45) is 0 Å². The highest BCUT2D eigenvalue weighted by Gasteiger charge is 2.22. The van der Waals surface area contributed by atoms with Crippen LogP contribution >= 0.6 is 11.6 Å². The summed E-state index contributed by atoms with van der Waals surface area (Å²) in [7, 11) is 1.42. The summed E-state index contributed by atoms with van der Waals surface area (Å²) in [6.07, 6.45) is -1.31. The molecule has 1 atom stereocenters. The van der Waals surface area contributed by atoms with E-state index in [4.69, 9.17) is 25.8 Å². The van der Waals surface area contributed by atoms with Crippen LogP contribution in [0.25, 0.3) is 0 Å². The molecule has 0 aromatic heterocycles. The lowest BCUT2D eigenvalue weighted by molar-refractivity contribution is -0.123. The molecular formula is C20H21ClFNO5. The van der Waals surface area contributed by atoms with Crippen molar-refractivity contribution >= 4 is 29.2 Å². The van der Waals surface area contributed by atoms with Crippen LogP contribution in [0.1, 0.15) is 31.1 Å². The molecule has 0 aliphatic carbocycles. The first-order valence-electron chi connectivity index (χ1n) is 8.53. The van der Waals surface area contributed by atoms with Crippen LogP contribution in [-0.2, 0) is 9.53 Å². The van der Waals surface area contributed by atoms with E-state index in [0.717, 1.165) is 0 Å². The number of amides is 1. The van der Waals surface area contributed by atoms with E-state index >= 15 is 0 Å².